The molecule has 14 heavy (non-hydrogen) atoms. The SMILES string of the molecule is [N-]=[N+]=C1C=C([N+](=O)[O-])C=CC1C(=O)O. The monoisotopic (exact) mass is 195 g/mol. The molecule has 0 aliphatic heterocycles. The van der Waals surface area contributed by atoms with E-state index in [-0.39, 0.29) is 11.4 Å². The number of nitrogens with zero attached hydrogens (tertiary/aromatic N) is 3. The van der Waals surface area contributed by atoms with E-state index < -0.39 is 16.8 Å². The lowest BCUT2D eigenvalue weighted by Gasteiger charge is -2.02. The largest absolute Gasteiger partial charge is 0.480 e. The average Bonchev–Trinajstić information content (AvgIpc) is 2.16. The maximum Gasteiger partial charge on any atom is 0.322 e. The quantitative estimate of drug-likeness (QED) is 0.290. The number of rotatable bonds is 2. The molecule has 1 N–H and O–H groups in total. The number of hydrogen-bond donors (Lipinski definition) is 1. The molecule has 0 amide bonds. The van der Waals surface area contributed by atoms with Gasteiger partial charge in [0.2, 0.25) is 0 Å². The lowest BCUT2D eigenvalue weighted by molar-refractivity contribution is -0.419. The van der Waals surface area contributed by atoms with Crippen molar-refractivity contribution < 1.29 is 19.6 Å². The van der Waals surface area contributed by atoms with Crippen LogP contribution >= 0.6 is 0 Å². The number of allylic oxidation sites excluding steroid dienone is 2. The maximum absolute atomic E-state index is 10.6. The van der Waals surface area contributed by atoms with Crippen LogP contribution in [0.25, 0.3) is 5.53 Å². The van der Waals surface area contributed by atoms with E-state index in [1.807, 2.05) is 0 Å². The Morgan fingerprint density at radius 1 is 1.71 bits per heavy atom. The summed E-state index contributed by atoms with van der Waals surface area (Å²) < 4.78 is 0. The first-order valence-electron chi connectivity index (χ1n) is 3.55. The molecule has 0 aromatic rings. The van der Waals surface area contributed by atoms with Crippen LogP contribution in [0, 0.1) is 16.0 Å². The predicted molar refractivity (Wildman–Crippen MR) is 44.0 cm³/mol. The summed E-state index contributed by atoms with van der Waals surface area (Å²) in [6, 6.07) is 0. The highest BCUT2D eigenvalue weighted by Crippen LogP contribution is 2.13. The third-order valence-corrected chi connectivity index (χ3v) is 1.67. The maximum atomic E-state index is 10.6. The molecule has 72 valence electrons. The fourth-order valence-electron chi connectivity index (χ4n) is 0.996. The van der Waals surface area contributed by atoms with Gasteiger partial charge in [0.15, 0.2) is 5.92 Å². The van der Waals surface area contributed by atoms with Crippen LogP contribution in [-0.2, 0) is 4.79 Å². The summed E-state index contributed by atoms with van der Waals surface area (Å²) in [4.78, 5) is 22.8. The third kappa shape index (κ3) is 1.73. The molecule has 0 spiro atoms. The van der Waals surface area contributed by atoms with E-state index in [2.05, 4.69) is 4.79 Å². The molecule has 0 aromatic heterocycles. The van der Waals surface area contributed by atoms with Gasteiger partial charge >= 0.3 is 11.7 Å². The summed E-state index contributed by atoms with van der Waals surface area (Å²) in [5.74, 6) is -2.36. The number of carboxylic acids is 1. The highest BCUT2D eigenvalue weighted by Gasteiger charge is 2.32. The second-order valence-corrected chi connectivity index (χ2v) is 2.53. The number of aliphatic carboxylic acids is 1. The van der Waals surface area contributed by atoms with E-state index in [9.17, 15) is 14.9 Å². The normalized spacial score (nSPS) is 19.9. The van der Waals surface area contributed by atoms with Gasteiger partial charge < -0.3 is 10.6 Å². The molecule has 1 rings (SSSR count). The van der Waals surface area contributed by atoms with E-state index in [1.54, 1.807) is 0 Å². The van der Waals surface area contributed by atoms with Gasteiger partial charge in [-0.2, -0.15) is 4.79 Å². The molecule has 7 nitrogen and oxygen atoms in total. The van der Waals surface area contributed by atoms with E-state index in [1.165, 1.54) is 0 Å². The van der Waals surface area contributed by atoms with Gasteiger partial charge in [-0.15, -0.1) is 0 Å². The molecular weight excluding hydrogens is 190 g/mol. The van der Waals surface area contributed by atoms with E-state index in [0.717, 1.165) is 18.2 Å². The van der Waals surface area contributed by atoms with Gasteiger partial charge in [0, 0.05) is 6.08 Å². The molecule has 0 bridgehead atoms. The molecule has 1 aliphatic carbocycles. The molecule has 1 aliphatic rings. The molecule has 0 fully saturated rings. The topological polar surface area (TPSA) is 117 Å². The zero-order valence-corrected chi connectivity index (χ0v) is 6.82. The van der Waals surface area contributed by atoms with Crippen LogP contribution in [-0.4, -0.2) is 26.5 Å². The van der Waals surface area contributed by atoms with Crippen LogP contribution in [0.15, 0.2) is 23.9 Å². The molecule has 1 unspecified atom stereocenters. The van der Waals surface area contributed by atoms with Crippen molar-refractivity contribution in [2.24, 2.45) is 5.92 Å². The standard InChI is InChI=1S/C7H5N3O4/c8-9-6-3-4(10(13)14)1-2-5(6)7(11)12/h1-3,5H,(H,11,12). The number of carbonyl (C=O) groups is 1. The van der Waals surface area contributed by atoms with Crippen LogP contribution < -0.4 is 0 Å². The summed E-state index contributed by atoms with van der Waals surface area (Å²) in [5.41, 5.74) is 7.87. The van der Waals surface area contributed by atoms with Crippen LogP contribution in [0.1, 0.15) is 0 Å². The van der Waals surface area contributed by atoms with Gasteiger partial charge in [-0.25, -0.2) is 0 Å². The molecule has 0 aromatic carbocycles. The minimum Gasteiger partial charge on any atom is -0.480 e. The van der Waals surface area contributed by atoms with Crippen molar-refractivity contribution in [2.75, 3.05) is 0 Å². The zero-order chi connectivity index (χ0) is 10.7. The Morgan fingerprint density at radius 2 is 2.36 bits per heavy atom. The summed E-state index contributed by atoms with van der Waals surface area (Å²) in [7, 11) is 0. The van der Waals surface area contributed by atoms with Crippen molar-refractivity contribution >= 4 is 11.7 Å². The Labute approximate surface area is 77.7 Å². The number of hydrogen-bond acceptors (Lipinski definition) is 3. The lowest BCUT2D eigenvalue weighted by atomic mass is 9.97. The van der Waals surface area contributed by atoms with Crippen LogP contribution in [0.5, 0.6) is 0 Å². The highest BCUT2D eigenvalue weighted by molar-refractivity contribution is 6.07. The zero-order valence-electron chi connectivity index (χ0n) is 6.82. The van der Waals surface area contributed by atoms with Crippen LogP contribution in [0.2, 0.25) is 0 Å². The van der Waals surface area contributed by atoms with Gasteiger partial charge in [-0.05, 0) is 0 Å². The number of carboxylic acid groups (broad SMARTS) is 1. The van der Waals surface area contributed by atoms with Gasteiger partial charge in [-0.1, -0.05) is 6.08 Å². The average molecular weight is 195 g/mol. The van der Waals surface area contributed by atoms with Crippen molar-refractivity contribution in [1.29, 1.82) is 0 Å². The van der Waals surface area contributed by atoms with Gasteiger partial charge in [0.1, 0.15) is 6.08 Å². The Hall–Kier alpha value is -2.27. The molecular formula is C7H5N3O4. The molecule has 0 heterocycles. The van der Waals surface area contributed by atoms with E-state index >= 15 is 0 Å². The Kier molecular flexibility index (Phi) is 2.54. The van der Waals surface area contributed by atoms with Gasteiger partial charge in [0.05, 0.1) is 4.92 Å². The van der Waals surface area contributed by atoms with Crippen molar-refractivity contribution in [3.05, 3.63) is 39.6 Å². The Morgan fingerprint density at radius 3 is 2.79 bits per heavy atom. The van der Waals surface area contributed by atoms with E-state index in [0.29, 0.717) is 0 Å². The smallest absolute Gasteiger partial charge is 0.322 e. The minimum absolute atomic E-state index is 0.258. The molecule has 0 saturated heterocycles. The minimum atomic E-state index is -1.23. The van der Waals surface area contributed by atoms with Gasteiger partial charge in [-0.3, -0.25) is 14.9 Å². The Bertz CT molecular complexity index is 403. The second-order valence-electron chi connectivity index (χ2n) is 2.53. The van der Waals surface area contributed by atoms with Crippen molar-refractivity contribution in [2.45, 2.75) is 0 Å². The molecule has 1 atom stereocenters. The highest BCUT2D eigenvalue weighted by atomic mass is 16.6. The summed E-state index contributed by atoms with van der Waals surface area (Å²) in [6.45, 7) is 0. The first-order chi connectivity index (χ1) is 6.56. The molecule has 0 radical (unpaired) electrons. The lowest BCUT2D eigenvalue weighted by Crippen LogP contribution is -2.24. The first-order valence-corrected chi connectivity index (χ1v) is 3.55. The van der Waals surface area contributed by atoms with E-state index in [4.69, 9.17) is 10.6 Å². The van der Waals surface area contributed by atoms with Crippen molar-refractivity contribution in [1.82, 2.24) is 0 Å². The second kappa shape index (κ2) is 3.63. The van der Waals surface area contributed by atoms with Crippen LogP contribution in [0.3, 0.4) is 0 Å². The van der Waals surface area contributed by atoms with Crippen LogP contribution in [0.4, 0.5) is 0 Å². The summed E-state index contributed by atoms with van der Waals surface area (Å²) in [5, 5.41) is 18.9. The number of nitro groups is 1. The van der Waals surface area contributed by atoms with Gasteiger partial charge in [0.25, 0.3) is 5.70 Å². The summed E-state index contributed by atoms with van der Waals surface area (Å²) >= 11 is 0. The van der Waals surface area contributed by atoms with Crippen molar-refractivity contribution in [3.63, 3.8) is 0 Å². The third-order valence-electron chi connectivity index (χ3n) is 1.67. The fraction of sp³-hybridized carbons (Fsp3) is 0.143. The summed E-state index contributed by atoms with van der Waals surface area (Å²) in [6.07, 6.45) is 3.07. The Balaban J connectivity index is 3.09. The first kappa shape index (κ1) is 9.82. The predicted octanol–water partition coefficient (Wildman–Crippen LogP) is 0.0884. The molecule has 0 saturated carbocycles. The van der Waals surface area contributed by atoms with Crippen molar-refractivity contribution in [3.8, 4) is 0 Å². The fourth-order valence-corrected chi connectivity index (χ4v) is 0.996. The molecule has 7 heteroatoms.